The van der Waals surface area contributed by atoms with E-state index in [9.17, 15) is 4.79 Å². The van der Waals surface area contributed by atoms with Crippen LogP contribution in [0.25, 0.3) is 5.69 Å². The lowest BCUT2D eigenvalue weighted by atomic mass is 10.0. The van der Waals surface area contributed by atoms with Gasteiger partial charge in [0.1, 0.15) is 0 Å². The van der Waals surface area contributed by atoms with Crippen molar-refractivity contribution in [2.24, 2.45) is 0 Å². The molecule has 0 saturated heterocycles. The fraction of sp³-hybridized carbons (Fsp3) is 0.333. The van der Waals surface area contributed by atoms with Gasteiger partial charge >= 0.3 is 0 Å². The van der Waals surface area contributed by atoms with E-state index in [4.69, 9.17) is 0 Å². The minimum Gasteiger partial charge on any atom is -0.294 e. The molecule has 0 unspecified atom stereocenters. The predicted octanol–water partition coefficient (Wildman–Crippen LogP) is 3.51. The number of benzene rings is 1. The van der Waals surface area contributed by atoms with Gasteiger partial charge in [0, 0.05) is 0 Å². The first kappa shape index (κ1) is 12.6. The summed E-state index contributed by atoms with van der Waals surface area (Å²) in [5.41, 5.74) is 3.86. The molecule has 2 rings (SSSR count). The lowest BCUT2D eigenvalue weighted by molar-refractivity contribution is 0.101. The van der Waals surface area contributed by atoms with E-state index in [0.717, 1.165) is 11.4 Å². The van der Waals surface area contributed by atoms with Gasteiger partial charge in [-0.15, -0.1) is 0 Å². The Labute approximate surface area is 107 Å². The van der Waals surface area contributed by atoms with Crippen LogP contribution in [0.5, 0.6) is 0 Å². The lowest BCUT2D eigenvalue weighted by Gasteiger charge is -2.08. The normalized spacial score (nSPS) is 10.9. The molecule has 1 aromatic carbocycles. The molecule has 18 heavy (non-hydrogen) atoms. The van der Waals surface area contributed by atoms with Crippen molar-refractivity contribution in [2.45, 2.75) is 33.6 Å². The average molecular weight is 242 g/mol. The number of hydrogen-bond donors (Lipinski definition) is 0. The fourth-order valence-electron chi connectivity index (χ4n) is 2.02. The van der Waals surface area contributed by atoms with E-state index in [2.05, 4.69) is 31.1 Å². The minimum absolute atomic E-state index is 0.0533. The Morgan fingerprint density at radius 1 is 1.22 bits per heavy atom. The monoisotopic (exact) mass is 242 g/mol. The lowest BCUT2D eigenvalue weighted by Crippen LogP contribution is -2.01. The van der Waals surface area contributed by atoms with Crippen LogP contribution in [0.15, 0.2) is 30.5 Å². The Morgan fingerprint density at radius 3 is 2.28 bits per heavy atom. The standard InChI is InChI=1S/C15H18N2O/c1-10(2)13-5-7-14(8-6-13)17-11(3)15(9-16-17)12(4)18/h5-10H,1-4H3. The van der Waals surface area contributed by atoms with Gasteiger partial charge < -0.3 is 0 Å². The Bertz CT molecular complexity index is 565. The number of carbonyl (C=O) groups excluding carboxylic acids is 1. The van der Waals surface area contributed by atoms with Gasteiger partial charge in [-0.1, -0.05) is 26.0 Å². The van der Waals surface area contributed by atoms with Crippen molar-refractivity contribution in [2.75, 3.05) is 0 Å². The first-order chi connectivity index (χ1) is 8.50. The maximum atomic E-state index is 11.4. The van der Waals surface area contributed by atoms with Crippen LogP contribution in [-0.2, 0) is 0 Å². The average Bonchev–Trinajstić information content (AvgIpc) is 2.71. The molecule has 0 atom stereocenters. The number of carbonyl (C=O) groups is 1. The van der Waals surface area contributed by atoms with E-state index in [0.29, 0.717) is 11.5 Å². The molecule has 0 spiro atoms. The van der Waals surface area contributed by atoms with E-state index in [1.165, 1.54) is 5.56 Å². The molecule has 2 aromatic rings. The topological polar surface area (TPSA) is 34.9 Å². The first-order valence-electron chi connectivity index (χ1n) is 6.16. The SMILES string of the molecule is CC(=O)c1cnn(-c2ccc(C(C)C)cc2)c1C. The molecular weight excluding hydrogens is 224 g/mol. The Hall–Kier alpha value is -1.90. The van der Waals surface area contributed by atoms with Gasteiger partial charge in [-0.3, -0.25) is 4.79 Å². The second-order valence-electron chi connectivity index (χ2n) is 4.86. The largest absolute Gasteiger partial charge is 0.294 e. The summed E-state index contributed by atoms with van der Waals surface area (Å²) in [6, 6.07) is 8.29. The van der Waals surface area contributed by atoms with E-state index in [-0.39, 0.29) is 5.78 Å². The summed E-state index contributed by atoms with van der Waals surface area (Å²) in [5, 5.41) is 4.28. The predicted molar refractivity (Wildman–Crippen MR) is 72.4 cm³/mol. The van der Waals surface area contributed by atoms with Gasteiger partial charge in [-0.2, -0.15) is 5.10 Å². The van der Waals surface area contributed by atoms with Gasteiger partial charge in [-0.25, -0.2) is 4.68 Å². The van der Waals surface area contributed by atoms with Crippen molar-refractivity contribution in [1.29, 1.82) is 0 Å². The molecule has 0 saturated carbocycles. The molecule has 1 aromatic heterocycles. The third-order valence-electron chi connectivity index (χ3n) is 3.19. The molecule has 0 bridgehead atoms. The van der Waals surface area contributed by atoms with Crippen LogP contribution in [0.4, 0.5) is 0 Å². The molecular formula is C15H18N2O. The van der Waals surface area contributed by atoms with Gasteiger partial charge in [0.25, 0.3) is 0 Å². The highest BCUT2D eigenvalue weighted by atomic mass is 16.1. The smallest absolute Gasteiger partial charge is 0.163 e. The van der Waals surface area contributed by atoms with E-state index < -0.39 is 0 Å². The van der Waals surface area contributed by atoms with Gasteiger partial charge in [0.2, 0.25) is 0 Å². The molecule has 0 aliphatic carbocycles. The second kappa shape index (κ2) is 4.77. The van der Waals surface area contributed by atoms with E-state index >= 15 is 0 Å². The fourth-order valence-corrected chi connectivity index (χ4v) is 2.02. The Kier molecular flexibility index (Phi) is 3.32. The summed E-state index contributed by atoms with van der Waals surface area (Å²) >= 11 is 0. The zero-order valence-corrected chi connectivity index (χ0v) is 11.3. The van der Waals surface area contributed by atoms with Crippen molar-refractivity contribution in [1.82, 2.24) is 9.78 Å². The summed E-state index contributed by atoms with van der Waals surface area (Å²) < 4.78 is 1.81. The summed E-state index contributed by atoms with van der Waals surface area (Å²) in [7, 11) is 0. The molecule has 94 valence electrons. The van der Waals surface area contributed by atoms with Crippen molar-refractivity contribution in [3.63, 3.8) is 0 Å². The van der Waals surface area contributed by atoms with Crippen LogP contribution >= 0.6 is 0 Å². The number of rotatable bonds is 3. The molecule has 0 radical (unpaired) electrons. The molecule has 0 N–H and O–H groups in total. The van der Waals surface area contributed by atoms with Crippen LogP contribution < -0.4 is 0 Å². The summed E-state index contributed by atoms with van der Waals surface area (Å²) in [4.78, 5) is 11.4. The highest BCUT2D eigenvalue weighted by molar-refractivity contribution is 5.95. The molecule has 0 aliphatic rings. The maximum absolute atomic E-state index is 11.4. The molecule has 3 heteroatoms. The van der Waals surface area contributed by atoms with Crippen molar-refractivity contribution in [3.05, 3.63) is 47.3 Å². The third kappa shape index (κ3) is 2.21. The van der Waals surface area contributed by atoms with Gasteiger partial charge in [0.05, 0.1) is 23.1 Å². The quantitative estimate of drug-likeness (QED) is 0.772. The minimum atomic E-state index is 0.0533. The summed E-state index contributed by atoms with van der Waals surface area (Å²) in [6.45, 7) is 7.82. The van der Waals surface area contributed by atoms with Crippen LogP contribution in [0.2, 0.25) is 0 Å². The zero-order valence-electron chi connectivity index (χ0n) is 11.3. The van der Waals surface area contributed by atoms with Crippen LogP contribution in [0, 0.1) is 6.92 Å². The highest BCUT2D eigenvalue weighted by Gasteiger charge is 2.11. The molecule has 0 aliphatic heterocycles. The van der Waals surface area contributed by atoms with Crippen LogP contribution in [0.3, 0.4) is 0 Å². The molecule has 1 heterocycles. The number of hydrogen-bond acceptors (Lipinski definition) is 2. The first-order valence-corrected chi connectivity index (χ1v) is 6.16. The number of nitrogens with zero attached hydrogens (tertiary/aromatic N) is 2. The second-order valence-corrected chi connectivity index (χ2v) is 4.86. The van der Waals surface area contributed by atoms with Gasteiger partial charge in [0.15, 0.2) is 5.78 Å². The van der Waals surface area contributed by atoms with Crippen LogP contribution in [0.1, 0.15) is 48.3 Å². The molecule has 0 amide bonds. The Morgan fingerprint density at radius 2 is 1.83 bits per heavy atom. The summed E-state index contributed by atoms with van der Waals surface area (Å²) in [5.74, 6) is 0.572. The third-order valence-corrected chi connectivity index (χ3v) is 3.19. The highest BCUT2D eigenvalue weighted by Crippen LogP contribution is 2.18. The van der Waals surface area contributed by atoms with Crippen LogP contribution in [-0.4, -0.2) is 15.6 Å². The van der Waals surface area contributed by atoms with Crippen molar-refractivity contribution in [3.8, 4) is 5.69 Å². The van der Waals surface area contributed by atoms with Crippen molar-refractivity contribution >= 4 is 5.78 Å². The van der Waals surface area contributed by atoms with Gasteiger partial charge in [-0.05, 0) is 37.5 Å². The Balaban J connectivity index is 2.40. The molecule has 3 nitrogen and oxygen atoms in total. The molecule has 0 fully saturated rings. The van der Waals surface area contributed by atoms with Crippen molar-refractivity contribution < 1.29 is 4.79 Å². The van der Waals surface area contributed by atoms with E-state index in [1.54, 1.807) is 17.8 Å². The van der Waals surface area contributed by atoms with E-state index in [1.807, 2.05) is 19.1 Å². The number of Topliss-reactive ketones (excluding diaryl/α,β-unsaturated/α-hetero) is 1. The number of aromatic nitrogens is 2. The number of ketones is 1. The zero-order chi connectivity index (χ0) is 13.3. The maximum Gasteiger partial charge on any atom is 0.163 e. The summed E-state index contributed by atoms with van der Waals surface area (Å²) in [6.07, 6.45) is 1.63.